The van der Waals surface area contributed by atoms with E-state index < -0.39 is 114 Å². The lowest BCUT2D eigenvalue weighted by Crippen LogP contribution is -2.62. The highest BCUT2D eigenvalue weighted by atomic mass is 79.9. The summed E-state index contributed by atoms with van der Waals surface area (Å²) in [6.07, 6.45) is 2.06. The fraction of sp³-hybridized carbons (Fsp3) is 0.531. The number of ether oxygens (including phenoxy) is 6. The third kappa shape index (κ3) is 19.4. The average Bonchev–Trinajstić information content (AvgIpc) is 1.60. The van der Waals surface area contributed by atoms with Gasteiger partial charge in [0.15, 0.2) is 5.72 Å². The van der Waals surface area contributed by atoms with Crippen LogP contribution in [0.25, 0.3) is 10.9 Å². The van der Waals surface area contributed by atoms with Crippen molar-refractivity contribution in [3.05, 3.63) is 94.6 Å². The summed E-state index contributed by atoms with van der Waals surface area (Å²) in [6, 6.07) is 7.05. The largest absolute Gasteiger partial charge is 0.495 e. The molecule has 0 radical (unpaired) electrons. The minimum absolute atomic E-state index is 0.0340. The number of aliphatic hydroxyl groups is 1. The number of rotatable bonds is 24. The Hall–Kier alpha value is -7.65. The second kappa shape index (κ2) is 31.6. The number of carbonyl (C=O) groups excluding carboxylic acids is 9. The summed E-state index contributed by atoms with van der Waals surface area (Å²) in [6.45, 7) is 15.8. The molecule has 4 heterocycles. The number of pyridine rings is 1. The van der Waals surface area contributed by atoms with E-state index in [1.807, 2.05) is 13.0 Å². The SMILES string of the molecule is C=C(CBr)C(=O)OC(C)(C)CCCCC(=O)N[C@H](C(=O)N[C@@H](CCCNC(N)=O)C(=O)Nc1ccc2cc(C(=O)N(C)[C@@H](C)C(=O)O[C@H]3CC(=O)N(C)c4cc(cc(OC)c4Cl)C/C(C)=C/C=C/[C@@H](OC)[C@@]4(O)C[C@@H](C[C@@H]5O[C@@]35C)OC(=O)N4)ccc2n1)C(C)C. The van der Waals surface area contributed by atoms with E-state index in [1.54, 1.807) is 77.1 Å². The maximum atomic E-state index is 14.5. The van der Waals surface area contributed by atoms with Crippen LogP contribution in [0, 0.1) is 5.92 Å². The number of halogens is 2. The van der Waals surface area contributed by atoms with E-state index in [1.165, 1.54) is 57.2 Å². The summed E-state index contributed by atoms with van der Waals surface area (Å²) in [7, 11) is 5.81. The number of unbranched alkanes of at least 4 members (excludes halogenated alkanes) is 1. The highest BCUT2D eigenvalue weighted by Gasteiger charge is 2.62. The zero-order valence-electron chi connectivity index (χ0n) is 53.3. The van der Waals surface area contributed by atoms with E-state index in [0.717, 1.165) is 11.1 Å². The van der Waals surface area contributed by atoms with Gasteiger partial charge < -0.3 is 70.3 Å². The number of hydrogen-bond donors (Lipinski definition) is 7. The maximum Gasteiger partial charge on any atom is 0.409 e. The summed E-state index contributed by atoms with van der Waals surface area (Å²) in [5, 5.41) is 26.0. The molecule has 9 atom stereocenters. The van der Waals surface area contributed by atoms with Gasteiger partial charge in [0.25, 0.3) is 5.91 Å². The van der Waals surface area contributed by atoms with Crippen molar-refractivity contribution < 1.29 is 76.7 Å². The number of alkyl halides is 1. The third-order valence-corrected chi connectivity index (χ3v) is 17.4. The molecule has 2 fully saturated rings. The van der Waals surface area contributed by atoms with Crippen LogP contribution in [0.1, 0.15) is 122 Å². The highest BCUT2D eigenvalue weighted by molar-refractivity contribution is 9.09. The topological polar surface area (TPSA) is 338 Å². The summed E-state index contributed by atoms with van der Waals surface area (Å²) in [5.41, 5.74) is 4.00. The van der Waals surface area contributed by atoms with Gasteiger partial charge in [-0.2, -0.15) is 0 Å². The number of alkyl carbamates (subject to hydrolysis) is 1. The van der Waals surface area contributed by atoms with E-state index >= 15 is 0 Å². The first-order chi connectivity index (χ1) is 42.8. The molecule has 0 aliphatic carbocycles. The number of likely N-dealkylation sites (N-methyl/N-ethyl adjacent to an activating group) is 1. The van der Waals surface area contributed by atoms with Crippen molar-refractivity contribution >= 4 is 104 Å². The Morgan fingerprint density at radius 2 is 1.76 bits per heavy atom. The van der Waals surface area contributed by atoms with Crippen molar-refractivity contribution in [1.29, 1.82) is 0 Å². The average molecular weight is 1350 g/mol. The molecule has 3 aliphatic rings. The Bertz CT molecular complexity index is 3310. The van der Waals surface area contributed by atoms with E-state index in [0.29, 0.717) is 48.0 Å². The van der Waals surface area contributed by atoms with Crippen LogP contribution in [-0.2, 0) is 58.9 Å². The minimum atomic E-state index is -1.89. The number of esters is 2. The van der Waals surface area contributed by atoms with Crippen molar-refractivity contribution in [2.24, 2.45) is 11.7 Å². The zero-order chi connectivity index (χ0) is 67.3. The van der Waals surface area contributed by atoms with Gasteiger partial charge in [0, 0.05) is 68.9 Å². The van der Waals surface area contributed by atoms with Crippen LogP contribution in [0.15, 0.2) is 78.4 Å². The normalized spacial score (nSPS) is 22.8. The first-order valence-corrected chi connectivity index (χ1v) is 31.5. The Morgan fingerprint density at radius 3 is 2.43 bits per heavy atom. The van der Waals surface area contributed by atoms with Crippen LogP contribution in [0.5, 0.6) is 5.75 Å². The number of benzene rings is 2. The van der Waals surface area contributed by atoms with Crippen molar-refractivity contribution in [3.8, 4) is 5.75 Å². The highest BCUT2D eigenvalue weighted by Crippen LogP contribution is 2.47. The number of amides is 8. The fourth-order valence-corrected chi connectivity index (χ4v) is 11.2. The second-order valence-electron chi connectivity index (χ2n) is 24.3. The number of nitrogens with two attached hydrogens (primary N) is 1. The van der Waals surface area contributed by atoms with Crippen LogP contribution in [-0.4, -0.2) is 168 Å². The number of allylic oxidation sites excluding steroid dienone is 3. The van der Waals surface area contributed by atoms with Gasteiger partial charge in [-0.05, 0) is 127 Å². The maximum absolute atomic E-state index is 14.5. The summed E-state index contributed by atoms with van der Waals surface area (Å²) in [5.74, 6) is -4.12. The van der Waals surface area contributed by atoms with Gasteiger partial charge >= 0.3 is 24.1 Å². The first-order valence-electron chi connectivity index (χ1n) is 30.0. The smallest absolute Gasteiger partial charge is 0.409 e. The lowest BCUT2D eigenvalue weighted by atomic mass is 9.90. The number of carbonyl (C=O) groups is 9. The van der Waals surface area contributed by atoms with Gasteiger partial charge in [-0.25, -0.2) is 24.2 Å². The number of urea groups is 1. The second-order valence-corrected chi connectivity index (χ2v) is 25.3. The number of primary amides is 1. The number of nitrogens with one attached hydrogen (secondary N) is 5. The fourth-order valence-electron chi connectivity index (χ4n) is 10.7. The number of epoxide rings is 1. The zero-order valence-corrected chi connectivity index (χ0v) is 55.7. The molecule has 496 valence electrons. The molecule has 27 heteroatoms. The predicted molar refractivity (Wildman–Crippen MR) is 343 cm³/mol. The Balaban J connectivity index is 1.15. The van der Waals surface area contributed by atoms with E-state index in [-0.39, 0.29) is 77.8 Å². The molecule has 91 heavy (non-hydrogen) atoms. The molecule has 8 N–H and O–H groups in total. The number of anilines is 2. The first kappa shape index (κ1) is 72.4. The molecule has 2 aromatic carbocycles. The van der Waals surface area contributed by atoms with Crippen LogP contribution in [0.4, 0.5) is 21.1 Å². The molecule has 8 amide bonds. The minimum Gasteiger partial charge on any atom is -0.495 e. The third-order valence-electron chi connectivity index (χ3n) is 16.3. The Kier molecular flexibility index (Phi) is 25.1. The lowest BCUT2D eigenvalue weighted by Gasteiger charge is -2.40. The van der Waals surface area contributed by atoms with Crippen LogP contribution in [0.2, 0.25) is 5.02 Å². The van der Waals surface area contributed by atoms with Crippen molar-refractivity contribution in [1.82, 2.24) is 31.2 Å². The van der Waals surface area contributed by atoms with Gasteiger partial charge in [-0.3, -0.25) is 29.3 Å². The van der Waals surface area contributed by atoms with Crippen molar-refractivity contribution in [2.75, 3.05) is 50.4 Å². The Labute approximate surface area is 543 Å². The van der Waals surface area contributed by atoms with Gasteiger partial charge in [0.05, 0.1) is 30.8 Å². The molecule has 3 aromatic rings. The molecular weight excluding hydrogens is 1270 g/mol. The van der Waals surface area contributed by atoms with Crippen LogP contribution >= 0.6 is 27.5 Å². The van der Waals surface area contributed by atoms with E-state index in [9.17, 15) is 48.3 Å². The number of aromatic nitrogens is 1. The van der Waals surface area contributed by atoms with Gasteiger partial charge in [0.1, 0.15) is 64.2 Å². The van der Waals surface area contributed by atoms with Gasteiger partial charge in [0.2, 0.25) is 23.6 Å². The molecule has 4 bridgehead atoms. The number of nitrogens with zero attached hydrogens (tertiary/aromatic N) is 3. The molecule has 0 unspecified atom stereocenters. The number of fused-ring (bicyclic) bond motifs is 6. The Morgan fingerprint density at radius 1 is 1.03 bits per heavy atom. The molecule has 0 spiro atoms. The quantitative estimate of drug-likeness (QED) is 0.0119. The summed E-state index contributed by atoms with van der Waals surface area (Å²) in [4.78, 5) is 128. The molecular formula is C64H85BrClN9O16. The number of hydrogen-bond acceptors (Lipinski definition) is 17. The summed E-state index contributed by atoms with van der Waals surface area (Å²) < 4.78 is 34.9. The van der Waals surface area contributed by atoms with Crippen LogP contribution < -0.4 is 42.0 Å². The predicted octanol–water partition coefficient (Wildman–Crippen LogP) is 6.98. The molecule has 1 aromatic heterocycles. The molecule has 3 aliphatic heterocycles. The molecule has 0 saturated carbocycles. The summed E-state index contributed by atoms with van der Waals surface area (Å²) >= 11 is 10.0. The van der Waals surface area contributed by atoms with Gasteiger partial charge in [-0.1, -0.05) is 71.8 Å². The van der Waals surface area contributed by atoms with E-state index in [2.05, 4.69) is 54.1 Å². The van der Waals surface area contributed by atoms with E-state index in [4.69, 9.17) is 45.8 Å². The molecule has 6 rings (SSSR count). The van der Waals surface area contributed by atoms with Gasteiger partial charge in [-0.15, -0.1) is 0 Å². The van der Waals surface area contributed by atoms with Crippen molar-refractivity contribution in [3.63, 3.8) is 0 Å². The molecule has 2 saturated heterocycles. The standard InChI is InChI=1S/C64H85BrClN9O16/c1-35(2)54(72-51(76)20-13-14-25-62(6,7)91-58(81)37(4)34-65)56(79)70-44(18-16-26-68-60(67)83)55(78)71-50-24-22-40-30-41(21-23-43(40)69-50)57(80)74(9)38(5)59(82)89-48-32-52(77)75(10)45-28-39(29-46(86-11)53(45)66)27-36(3)17-15-19-47(87-12)64(85)33-42(88-61(84)73-64)31-49-63(48,8)90-49/h15,17,19,21-24,28-30,35,38,42,44,47-49,54,85H,4,13-14,16,18,20,25-27,31-34H2,1-3,5-12H3,(H,70,79)(H,72,76)(H,73,84)(H3,67,68,83)(H,69,71,78)/b19-15+,36-17+/t38-,42+,44-,47+,48-,49-,54-,63-,64-/m0/s1. The lowest BCUT2D eigenvalue weighted by molar-refractivity contribution is -0.158. The monoisotopic (exact) mass is 1350 g/mol. The van der Waals surface area contributed by atoms with Crippen molar-refractivity contribution in [2.45, 2.75) is 172 Å². The number of methoxy groups -OCH3 is 2. The van der Waals surface area contributed by atoms with Crippen LogP contribution in [0.3, 0.4) is 0 Å². The molecule has 25 nitrogen and oxygen atoms in total.